The largest absolute Gasteiger partial charge is 0.382 e. The lowest BCUT2D eigenvalue weighted by molar-refractivity contribution is 0.209. The molecule has 1 aromatic heterocycles. The van der Waals surface area contributed by atoms with Crippen LogP contribution in [0.15, 0.2) is 33.8 Å². The van der Waals surface area contributed by atoms with Crippen LogP contribution < -0.4 is 0 Å². The first kappa shape index (κ1) is 14.2. The summed E-state index contributed by atoms with van der Waals surface area (Å²) in [7, 11) is -1.57. The topological polar surface area (TPSA) is 85.1 Å². The predicted octanol–water partition coefficient (Wildman–Crippen LogP) is 1.06. The Morgan fingerprint density at radius 1 is 1.32 bits per heavy atom. The molecule has 6 nitrogen and oxygen atoms in total. The van der Waals surface area contributed by atoms with E-state index >= 15 is 0 Å². The molecule has 0 saturated carbocycles. The number of aryl methyl sites for hydroxylation is 1. The third kappa shape index (κ3) is 2.85. The van der Waals surface area contributed by atoms with Gasteiger partial charge in [0.15, 0.2) is 14.4 Å². The van der Waals surface area contributed by atoms with Gasteiger partial charge in [-0.25, -0.2) is 13.1 Å². The molecule has 0 aliphatic carbocycles. The first-order valence-electron chi connectivity index (χ1n) is 5.34. The second kappa shape index (κ2) is 5.03. The van der Waals surface area contributed by atoms with Crippen molar-refractivity contribution in [3.63, 3.8) is 0 Å². The number of rotatable bonds is 3. The zero-order valence-corrected chi connectivity index (χ0v) is 12.7. The van der Waals surface area contributed by atoms with E-state index < -0.39 is 15.9 Å². The van der Waals surface area contributed by atoms with E-state index in [0.717, 1.165) is 6.26 Å². The zero-order chi connectivity index (χ0) is 14.2. The molecule has 1 unspecified atom stereocenters. The highest BCUT2D eigenvalue weighted by atomic mass is 79.9. The van der Waals surface area contributed by atoms with Gasteiger partial charge in [-0.15, -0.1) is 5.10 Å². The second-order valence-electron chi connectivity index (χ2n) is 4.13. The SMILES string of the molecule is Cn1nnc(Br)c1C(O)c1ccc(S(C)(=O)=O)cc1. The Kier molecular flexibility index (Phi) is 3.75. The molecule has 0 spiro atoms. The van der Waals surface area contributed by atoms with Crippen LogP contribution in [0.5, 0.6) is 0 Å². The minimum Gasteiger partial charge on any atom is -0.382 e. The fourth-order valence-corrected chi connectivity index (χ4v) is 2.86. The van der Waals surface area contributed by atoms with Crippen LogP contribution in [0.2, 0.25) is 0 Å². The fourth-order valence-electron chi connectivity index (χ4n) is 1.68. The third-order valence-corrected chi connectivity index (χ3v) is 4.40. The van der Waals surface area contributed by atoms with Crippen molar-refractivity contribution in [2.45, 2.75) is 11.0 Å². The number of benzene rings is 1. The van der Waals surface area contributed by atoms with E-state index in [4.69, 9.17) is 0 Å². The van der Waals surface area contributed by atoms with Gasteiger partial charge in [0.05, 0.1) is 4.90 Å². The van der Waals surface area contributed by atoms with Gasteiger partial charge in [0, 0.05) is 13.3 Å². The molecule has 0 aliphatic heterocycles. The van der Waals surface area contributed by atoms with Crippen molar-refractivity contribution < 1.29 is 13.5 Å². The van der Waals surface area contributed by atoms with Crippen molar-refractivity contribution >= 4 is 25.8 Å². The smallest absolute Gasteiger partial charge is 0.175 e. The molecular weight excluding hydrogens is 334 g/mol. The number of hydrogen-bond donors (Lipinski definition) is 1. The van der Waals surface area contributed by atoms with Gasteiger partial charge in [0.25, 0.3) is 0 Å². The van der Waals surface area contributed by atoms with Gasteiger partial charge in [0.2, 0.25) is 0 Å². The number of aromatic nitrogens is 3. The molecule has 102 valence electrons. The van der Waals surface area contributed by atoms with E-state index in [1.54, 1.807) is 19.2 Å². The zero-order valence-electron chi connectivity index (χ0n) is 10.3. The molecule has 2 rings (SSSR count). The van der Waals surface area contributed by atoms with E-state index in [9.17, 15) is 13.5 Å². The highest BCUT2D eigenvalue weighted by Gasteiger charge is 2.20. The molecule has 2 aromatic rings. The maximum Gasteiger partial charge on any atom is 0.175 e. The summed E-state index contributed by atoms with van der Waals surface area (Å²) < 4.78 is 24.6. The van der Waals surface area contributed by atoms with Gasteiger partial charge in [-0.2, -0.15) is 0 Å². The van der Waals surface area contributed by atoms with Crippen molar-refractivity contribution in [2.75, 3.05) is 6.26 Å². The van der Waals surface area contributed by atoms with Crippen LogP contribution in [0, 0.1) is 0 Å². The summed E-state index contributed by atoms with van der Waals surface area (Å²) in [5.74, 6) is 0. The molecule has 1 N–H and O–H groups in total. The van der Waals surface area contributed by atoms with Gasteiger partial charge in [-0.3, -0.25) is 0 Å². The third-order valence-electron chi connectivity index (χ3n) is 2.71. The van der Waals surface area contributed by atoms with Crippen LogP contribution >= 0.6 is 15.9 Å². The average molecular weight is 346 g/mol. The van der Waals surface area contributed by atoms with Crippen LogP contribution in [0.25, 0.3) is 0 Å². The van der Waals surface area contributed by atoms with Gasteiger partial charge in [0.1, 0.15) is 11.8 Å². The summed E-state index contributed by atoms with van der Waals surface area (Å²) in [5.41, 5.74) is 1.07. The molecule has 1 aromatic carbocycles. The van der Waals surface area contributed by atoms with Crippen LogP contribution in [-0.4, -0.2) is 34.8 Å². The van der Waals surface area contributed by atoms with Crippen molar-refractivity contribution in [1.29, 1.82) is 0 Å². The molecule has 0 aliphatic rings. The molecule has 0 saturated heterocycles. The van der Waals surface area contributed by atoms with Crippen molar-refractivity contribution in [2.24, 2.45) is 7.05 Å². The van der Waals surface area contributed by atoms with Crippen LogP contribution in [0.1, 0.15) is 17.4 Å². The number of sulfone groups is 1. The van der Waals surface area contributed by atoms with E-state index in [0.29, 0.717) is 15.9 Å². The summed E-state index contributed by atoms with van der Waals surface area (Å²) in [4.78, 5) is 0.214. The fraction of sp³-hybridized carbons (Fsp3) is 0.273. The first-order valence-corrected chi connectivity index (χ1v) is 8.02. The lowest BCUT2D eigenvalue weighted by Gasteiger charge is -2.11. The summed E-state index contributed by atoms with van der Waals surface area (Å²) in [6.07, 6.45) is 0.211. The van der Waals surface area contributed by atoms with Gasteiger partial charge in [-0.1, -0.05) is 17.3 Å². The van der Waals surface area contributed by atoms with E-state index in [2.05, 4.69) is 26.2 Å². The van der Waals surface area contributed by atoms with Gasteiger partial charge < -0.3 is 5.11 Å². The second-order valence-corrected chi connectivity index (χ2v) is 6.90. The molecule has 1 heterocycles. The summed E-state index contributed by atoms with van der Waals surface area (Å²) >= 11 is 3.21. The number of nitrogens with zero attached hydrogens (tertiary/aromatic N) is 3. The summed E-state index contributed by atoms with van der Waals surface area (Å²) in [6, 6.07) is 6.07. The standard InChI is InChI=1S/C11H12BrN3O3S/c1-15-9(11(12)13-14-15)10(16)7-3-5-8(6-4-7)19(2,17)18/h3-6,10,16H,1-2H3. The van der Waals surface area contributed by atoms with Crippen LogP contribution in [0.3, 0.4) is 0 Å². The van der Waals surface area contributed by atoms with Gasteiger partial charge >= 0.3 is 0 Å². The van der Waals surface area contributed by atoms with Crippen LogP contribution in [-0.2, 0) is 16.9 Å². The minimum absolute atomic E-state index is 0.214. The Bertz CT molecular complexity index is 675. The quantitative estimate of drug-likeness (QED) is 0.898. The number of hydrogen-bond acceptors (Lipinski definition) is 5. The Hall–Kier alpha value is -1.25. The summed E-state index contributed by atoms with van der Waals surface area (Å²) in [6.45, 7) is 0. The number of halogens is 1. The lowest BCUT2D eigenvalue weighted by Crippen LogP contribution is -2.07. The predicted molar refractivity (Wildman–Crippen MR) is 72.3 cm³/mol. The lowest BCUT2D eigenvalue weighted by atomic mass is 10.1. The molecule has 0 bridgehead atoms. The Labute approximate surface area is 119 Å². The van der Waals surface area contributed by atoms with E-state index in [-0.39, 0.29) is 4.90 Å². The van der Waals surface area contributed by atoms with Crippen LogP contribution in [0.4, 0.5) is 0 Å². The monoisotopic (exact) mass is 345 g/mol. The maximum absolute atomic E-state index is 11.4. The summed E-state index contributed by atoms with van der Waals surface area (Å²) in [5, 5.41) is 17.8. The first-order chi connectivity index (χ1) is 8.80. The minimum atomic E-state index is -3.24. The van der Waals surface area contributed by atoms with Crippen molar-refractivity contribution in [3.05, 3.63) is 40.1 Å². The van der Waals surface area contributed by atoms with Crippen molar-refractivity contribution in [3.8, 4) is 0 Å². The number of aliphatic hydroxyl groups excluding tert-OH is 1. The van der Waals surface area contributed by atoms with E-state index in [1.165, 1.54) is 16.8 Å². The van der Waals surface area contributed by atoms with Gasteiger partial charge in [-0.05, 0) is 33.6 Å². The molecule has 0 radical (unpaired) electrons. The Morgan fingerprint density at radius 3 is 2.32 bits per heavy atom. The Morgan fingerprint density at radius 2 is 1.89 bits per heavy atom. The highest BCUT2D eigenvalue weighted by Crippen LogP contribution is 2.27. The molecule has 1 atom stereocenters. The molecule has 0 fully saturated rings. The number of aliphatic hydroxyl groups is 1. The molecule has 8 heteroatoms. The molecular formula is C11H12BrN3O3S. The normalized spacial score (nSPS) is 13.5. The van der Waals surface area contributed by atoms with Crippen molar-refractivity contribution in [1.82, 2.24) is 15.0 Å². The highest BCUT2D eigenvalue weighted by molar-refractivity contribution is 9.10. The average Bonchev–Trinajstić information content (AvgIpc) is 2.67. The maximum atomic E-state index is 11.4. The Balaban J connectivity index is 2.38. The van der Waals surface area contributed by atoms with E-state index in [1.807, 2.05) is 0 Å². The molecule has 19 heavy (non-hydrogen) atoms. The molecule has 0 amide bonds.